The van der Waals surface area contributed by atoms with Gasteiger partial charge in [0.1, 0.15) is 0 Å². The average Bonchev–Trinajstić information content (AvgIpc) is 3.41. The fourth-order valence-corrected chi connectivity index (χ4v) is 14.3. The minimum Gasteiger partial charge on any atom is -0.0679 e. The first-order valence-corrected chi connectivity index (χ1v) is 20.0. The predicted molar refractivity (Wildman–Crippen MR) is 201 cm³/mol. The van der Waals surface area contributed by atoms with E-state index in [9.17, 15) is 0 Å². The van der Waals surface area contributed by atoms with Gasteiger partial charge < -0.3 is 0 Å². The summed E-state index contributed by atoms with van der Waals surface area (Å²) in [5.41, 5.74) is 25.3. The van der Waals surface area contributed by atoms with Crippen LogP contribution < -0.4 is 0 Å². The van der Waals surface area contributed by atoms with Crippen LogP contribution in [0, 0.1) is 41.5 Å². The molecule has 0 saturated carbocycles. The van der Waals surface area contributed by atoms with Gasteiger partial charge in [0.05, 0.1) is 8.07 Å². The van der Waals surface area contributed by atoms with E-state index in [1.165, 1.54) is 77.9 Å². The van der Waals surface area contributed by atoms with E-state index in [0.29, 0.717) is 11.1 Å². The third-order valence-electron chi connectivity index (χ3n) is 10.6. The quantitative estimate of drug-likeness (QED) is 0.202. The van der Waals surface area contributed by atoms with Crippen LogP contribution >= 0.6 is 0 Å². The van der Waals surface area contributed by atoms with Crippen LogP contribution in [0.3, 0.4) is 0 Å². The van der Waals surface area contributed by atoms with E-state index in [1.807, 2.05) is 0 Å². The molecular formula is C44H52Si. The van der Waals surface area contributed by atoms with Gasteiger partial charge in [0.15, 0.2) is 0 Å². The monoisotopic (exact) mass is 608 g/mol. The molecule has 0 spiro atoms. The lowest BCUT2D eigenvalue weighted by molar-refractivity contribution is 0.585. The Morgan fingerprint density at radius 1 is 0.511 bits per heavy atom. The maximum absolute atomic E-state index is 2.67. The number of fused-ring (bicyclic) bond motifs is 2. The number of rotatable bonds is 4. The van der Waals surface area contributed by atoms with Crippen LogP contribution in [0.15, 0.2) is 65.7 Å². The summed E-state index contributed by atoms with van der Waals surface area (Å²) in [6.45, 7) is 30.9. The van der Waals surface area contributed by atoms with Gasteiger partial charge in [-0.1, -0.05) is 140 Å². The second-order valence-electron chi connectivity index (χ2n) is 16.2. The van der Waals surface area contributed by atoms with Crippen molar-refractivity contribution in [2.24, 2.45) is 0 Å². The number of aryl methyl sites for hydroxylation is 5. The highest BCUT2D eigenvalue weighted by molar-refractivity contribution is 6.81. The molecule has 232 valence electrons. The van der Waals surface area contributed by atoms with Crippen molar-refractivity contribution in [3.05, 3.63) is 127 Å². The van der Waals surface area contributed by atoms with Gasteiger partial charge in [-0.3, -0.25) is 0 Å². The zero-order valence-corrected chi connectivity index (χ0v) is 31.0. The molecule has 0 aliphatic heterocycles. The Morgan fingerprint density at radius 3 is 1.47 bits per heavy atom. The lowest BCUT2D eigenvalue weighted by Gasteiger charge is -2.40. The van der Waals surface area contributed by atoms with E-state index < -0.39 is 8.07 Å². The van der Waals surface area contributed by atoms with Gasteiger partial charge in [-0.25, -0.2) is 0 Å². The maximum atomic E-state index is 2.67. The summed E-state index contributed by atoms with van der Waals surface area (Å²) >= 11 is 0. The predicted octanol–water partition coefficient (Wildman–Crippen LogP) is 12.7. The summed E-state index contributed by atoms with van der Waals surface area (Å²) in [6.07, 6.45) is 5.10. The third-order valence-corrected chi connectivity index (χ3v) is 15.1. The molecule has 2 atom stereocenters. The van der Waals surface area contributed by atoms with Crippen molar-refractivity contribution in [3.8, 4) is 22.3 Å². The van der Waals surface area contributed by atoms with Crippen LogP contribution in [0.4, 0.5) is 0 Å². The molecule has 0 nitrogen and oxygen atoms in total. The Balaban J connectivity index is 1.56. The van der Waals surface area contributed by atoms with Gasteiger partial charge in [0.25, 0.3) is 0 Å². The SMILES string of the molecule is CC1=Cc2c(-c3cc(C)cc(C)c3)cc(C)cc2C1[Si](C)(C)C1C(C)=Cc2c1cc(C(C)(C)C)c(C)c2-c1cc(C)cc(C)c1. The topological polar surface area (TPSA) is 0 Å². The van der Waals surface area contributed by atoms with Gasteiger partial charge >= 0.3 is 0 Å². The molecule has 2 aliphatic carbocycles. The largest absolute Gasteiger partial charge is 0.0722 e. The normalized spacial score (nSPS) is 17.7. The molecule has 0 fully saturated rings. The molecule has 1 heteroatoms. The van der Waals surface area contributed by atoms with E-state index in [0.717, 1.165) is 0 Å². The molecule has 0 amide bonds. The average molecular weight is 609 g/mol. The van der Waals surface area contributed by atoms with Crippen LogP contribution in [-0.4, -0.2) is 8.07 Å². The lowest BCUT2D eigenvalue weighted by atomic mass is 9.78. The zero-order valence-electron chi connectivity index (χ0n) is 30.0. The molecule has 45 heavy (non-hydrogen) atoms. The summed E-state index contributed by atoms with van der Waals surface area (Å²) in [7, 11) is -2.02. The number of benzene rings is 4. The van der Waals surface area contributed by atoms with E-state index in [2.05, 4.69) is 156 Å². The summed E-state index contributed by atoms with van der Waals surface area (Å²) in [5, 5.41) is 0. The summed E-state index contributed by atoms with van der Waals surface area (Å²) in [5.74, 6) is 0. The van der Waals surface area contributed by atoms with Crippen LogP contribution in [0.2, 0.25) is 13.1 Å². The molecule has 2 unspecified atom stereocenters. The summed E-state index contributed by atoms with van der Waals surface area (Å²) in [6, 6.07) is 21.7. The molecule has 0 saturated heterocycles. The smallest absolute Gasteiger partial charge is 0.0679 e. The standard InChI is InChI=1S/C44H52Si/c1-25-14-26(2)17-33(16-25)35-20-29(5)21-38-36(35)22-30(6)42(38)45(12,13)43-31(7)23-37-39(43)24-40(44(9,10)11)32(8)41(37)34-18-27(3)15-28(4)19-34/h14-24,42-43H,1-13H3. The number of hydrogen-bond donors (Lipinski definition) is 0. The molecule has 2 aliphatic rings. The molecule has 4 aromatic carbocycles. The van der Waals surface area contributed by atoms with Crippen LogP contribution in [0.1, 0.15) is 107 Å². The third kappa shape index (κ3) is 5.32. The van der Waals surface area contributed by atoms with Gasteiger partial charge in [0, 0.05) is 11.1 Å². The molecule has 0 heterocycles. The van der Waals surface area contributed by atoms with Gasteiger partial charge in [-0.15, -0.1) is 0 Å². The Morgan fingerprint density at radius 2 is 0.956 bits per heavy atom. The molecule has 0 aromatic heterocycles. The number of hydrogen-bond acceptors (Lipinski definition) is 0. The molecule has 0 N–H and O–H groups in total. The molecule has 4 aromatic rings. The van der Waals surface area contributed by atoms with Crippen LogP contribution in [-0.2, 0) is 5.41 Å². The van der Waals surface area contributed by atoms with Gasteiger partial charge in [-0.05, 0) is 116 Å². The van der Waals surface area contributed by atoms with Crippen LogP contribution in [0.25, 0.3) is 34.4 Å². The molecular weight excluding hydrogens is 557 g/mol. The van der Waals surface area contributed by atoms with Crippen molar-refractivity contribution >= 4 is 20.2 Å². The Hall–Kier alpha value is -3.42. The first-order valence-electron chi connectivity index (χ1n) is 16.8. The molecule has 0 bridgehead atoms. The lowest BCUT2D eigenvalue weighted by Crippen LogP contribution is -2.42. The fraction of sp³-hybridized carbons (Fsp3) is 0.364. The summed E-state index contributed by atoms with van der Waals surface area (Å²) < 4.78 is 0. The van der Waals surface area contributed by atoms with E-state index in [4.69, 9.17) is 0 Å². The fourth-order valence-electron chi connectivity index (χ4n) is 9.34. The van der Waals surface area contributed by atoms with Gasteiger partial charge in [-0.2, -0.15) is 0 Å². The molecule has 6 rings (SSSR count). The Labute approximate surface area is 274 Å². The van der Waals surface area contributed by atoms with Crippen molar-refractivity contribution in [2.75, 3.05) is 0 Å². The molecule has 0 radical (unpaired) electrons. The zero-order chi connectivity index (χ0) is 32.7. The van der Waals surface area contributed by atoms with Gasteiger partial charge in [0.2, 0.25) is 0 Å². The van der Waals surface area contributed by atoms with Crippen LogP contribution in [0.5, 0.6) is 0 Å². The van der Waals surface area contributed by atoms with Crippen molar-refractivity contribution in [1.29, 1.82) is 0 Å². The maximum Gasteiger partial charge on any atom is 0.0722 e. The first kappa shape index (κ1) is 31.6. The van der Waals surface area contributed by atoms with Crippen molar-refractivity contribution in [1.82, 2.24) is 0 Å². The Bertz CT molecular complexity index is 1890. The van der Waals surface area contributed by atoms with E-state index >= 15 is 0 Å². The van der Waals surface area contributed by atoms with E-state index in [-0.39, 0.29) is 5.41 Å². The summed E-state index contributed by atoms with van der Waals surface area (Å²) in [4.78, 5) is 0. The minimum absolute atomic E-state index is 0.0627. The first-order chi connectivity index (χ1) is 21.0. The van der Waals surface area contributed by atoms with E-state index in [1.54, 1.807) is 16.7 Å². The second kappa shape index (κ2) is 10.8. The minimum atomic E-state index is -2.02. The highest BCUT2D eigenvalue weighted by atomic mass is 28.3. The highest BCUT2D eigenvalue weighted by Crippen LogP contribution is 2.55. The number of allylic oxidation sites excluding steroid dienone is 2. The highest BCUT2D eigenvalue weighted by Gasteiger charge is 2.48. The van der Waals surface area contributed by atoms with Crippen molar-refractivity contribution in [2.45, 2.75) is 106 Å². The van der Waals surface area contributed by atoms with Crippen molar-refractivity contribution < 1.29 is 0 Å². The Kier molecular flexibility index (Phi) is 7.60. The van der Waals surface area contributed by atoms with Crippen molar-refractivity contribution in [3.63, 3.8) is 0 Å². The second-order valence-corrected chi connectivity index (χ2v) is 21.0.